The second kappa shape index (κ2) is 11.2. The fourth-order valence-corrected chi connectivity index (χ4v) is 3.69. The average molecular weight is 473 g/mol. The highest BCUT2D eigenvalue weighted by Gasteiger charge is 2.08. The van der Waals surface area contributed by atoms with Crippen molar-refractivity contribution in [1.82, 2.24) is 29.5 Å². The van der Waals surface area contributed by atoms with Crippen LogP contribution in [0.1, 0.15) is 32.1 Å². The van der Waals surface area contributed by atoms with Gasteiger partial charge in [0.2, 0.25) is 11.8 Å². The van der Waals surface area contributed by atoms with Crippen LogP contribution in [0.15, 0.2) is 61.2 Å². The van der Waals surface area contributed by atoms with Crippen molar-refractivity contribution in [3.8, 4) is 22.8 Å². The number of aryl methyl sites for hydroxylation is 2. The van der Waals surface area contributed by atoms with Crippen LogP contribution in [0.25, 0.3) is 22.8 Å². The van der Waals surface area contributed by atoms with E-state index >= 15 is 0 Å². The summed E-state index contributed by atoms with van der Waals surface area (Å²) in [5.74, 6) is 1.46. The number of carbonyl (C=O) groups excluding carboxylic acids is 2. The maximum absolute atomic E-state index is 12.2. The summed E-state index contributed by atoms with van der Waals surface area (Å²) in [6.45, 7) is 0. The molecule has 0 unspecified atom stereocenters. The Hall–Kier alpha value is -4.34. The number of hydrogen-bond acceptors (Lipinski definition) is 6. The number of amides is 2. The Labute approximate surface area is 203 Å². The van der Waals surface area contributed by atoms with Crippen molar-refractivity contribution in [3.63, 3.8) is 0 Å². The van der Waals surface area contributed by atoms with E-state index in [1.54, 1.807) is 12.7 Å². The molecule has 0 saturated carbocycles. The third-order valence-electron chi connectivity index (χ3n) is 5.58. The molecular weight excluding hydrogens is 444 g/mol. The van der Waals surface area contributed by atoms with Crippen LogP contribution in [-0.4, -0.2) is 41.3 Å². The molecule has 2 heterocycles. The third-order valence-corrected chi connectivity index (χ3v) is 5.58. The average Bonchev–Trinajstić information content (AvgIpc) is 3.48. The summed E-state index contributed by atoms with van der Waals surface area (Å²) >= 11 is 0. The van der Waals surface area contributed by atoms with Gasteiger partial charge in [-0.05, 0) is 61.4 Å². The Morgan fingerprint density at radius 1 is 0.657 bits per heavy atom. The van der Waals surface area contributed by atoms with E-state index in [0.717, 1.165) is 53.4 Å². The molecule has 0 spiro atoms. The summed E-state index contributed by atoms with van der Waals surface area (Å²) in [5, 5.41) is 21.7. The first-order valence-electron chi connectivity index (χ1n) is 11.5. The molecule has 2 aromatic carbocycles. The number of rotatable bonds is 10. The SMILES string of the molecule is Cn1cnnc1-c1ccc(NC(=O)CCCCCC(=O)Nc2ccc(-c3nncn3C)cc2)cc1. The zero-order chi connectivity index (χ0) is 24.6. The molecule has 180 valence electrons. The molecule has 2 amide bonds. The second-order valence-corrected chi connectivity index (χ2v) is 8.34. The first kappa shape index (κ1) is 23.8. The number of hydrogen-bond donors (Lipinski definition) is 2. The van der Waals surface area contributed by atoms with Gasteiger partial charge < -0.3 is 19.8 Å². The van der Waals surface area contributed by atoms with Gasteiger partial charge in [0.15, 0.2) is 11.6 Å². The molecule has 0 aliphatic carbocycles. The van der Waals surface area contributed by atoms with Crippen LogP contribution < -0.4 is 10.6 Å². The van der Waals surface area contributed by atoms with E-state index in [9.17, 15) is 9.59 Å². The van der Waals surface area contributed by atoms with Gasteiger partial charge in [0.05, 0.1) is 0 Å². The zero-order valence-electron chi connectivity index (χ0n) is 19.8. The lowest BCUT2D eigenvalue weighted by Crippen LogP contribution is -2.12. The van der Waals surface area contributed by atoms with Crippen LogP contribution in [0.4, 0.5) is 11.4 Å². The molecule has 0 aliphatic heterocycles. The van der Waals surface area contributed by atoms with Crippen LogP contribution in [0, 0.1) is 0 Å². The fourth-order valence-electron chi connectivity index (χ4n) is 3.69. The number of unbranched alkanes of at least 4 members (excludes halogenated alkanes) is 2. The Kier molecular flexibility index (Phi) is 7.61. The predicted molar refractivity (Wildman–Crippen MR) is 133 cm³/mol. The lowest BCUT2D eigenvalue weighted by atomic mass is 10.1. The summed E-state index contributed by atoms with van der Waals surface area (Å²) in [6, 6.07) is 15.0. The lowest BCUT2D eigenvalue weighted by Gasteiger charge is -2.08. The molecule has 4 rings (SSSR count). The van der Waals surface area contributed by atoms with Crippen molar-refractivity contribution in [2.45, 2.75) is 32.1 Å². The number of anilines is 2. The summed E-state index contributed by atoms with van der Waals surface area (Å²) in [5.41, 5.74) is 3.35. The topological polar surface area (TPSA) is 120 Å². The molecule has 0 aliphatic rings. The lowest BCUT2D eigenvalue weighted by molar-refractivity contribution is -0.116. The Bertz CT molecular complexity index is 1180. The van der Waals surface area contributed by atoms with Gasteiger partial charge in [-0.15, -0.1) is 20.4 Å². The van der Waals surface area contributed by atoms with Gasteiger partial charge in [0.25, 0.3) is 0 Å². The first-order chi connectivity index (χ1) is 17.0. The summed E-state index contributed by atoms with van der Waals surface area (Å²) in [7, 11) is 3.77. The smallest absolute Gasteiger partial charge is 0.224 e. The molecule has 0 bridgehead atoms. The molecule has 0 radical (unpaired) electrons. The number of benzene rings is 2. The van der Waals surface area contributed by atoms with Gasteiger partial charge in [-0.2, -0.15) is 0 Å². The minimum atomic E-state index is -0.0381. The minimum absolute atomic E-state index is 0.0381. The number of carbonyl (C=O) groups is 2. The number of nitrogens with one attached hydrogen (secondary N) is 2. The zero-order valence-corrected chi connectivity index (χ0v) is 19.8. The highest BCUT2D eigenvalue weighted by molar-refractivity contribution is 5.91. The molecular formula is C25H28N8O2. The fraction of sp³-hybridized carbons (Fsp3) is 0.280. The molecule has 0 fully saturated rings. The molecule has 0 atom stereocenters. The normalized spacial score (nSPS) is 10.8. The minimum Gasteiger partial charge on any atom is -0.326 e. The Morgan fingerprint density at radius 2 is 1.06 bits per heavy atom. The number of nitrogens with zero attached hydrogens (tertiary/aromatic N) is 6. The van der Waals surface area contributed by atoms with Gasteiger partial charge in [-0.25, -0.2) is 0 Å². The molecule has 2 aromatic heterocycles. The van der Waals surface area contributed by atoms with Gasteiger partial charge in [-0.3, -0.25) is 9.59 Å². The van der Waals surface area contributed by atoms with Gasteiger partial charge >= 0.3 is 0 Å². The third kappa shape index (κ3) is 6.38. The standard InChI is InChI=1S/C25H28N8O2/c1-32-16-26-30-24(32)18-8-12-20(13-9-18)28-22(34)6-4-3-5-7-23(35)29-21-14-10-19(11-15-21)25-31-27-17-33(25)2/h8-17H,3-7H2,1-2H3,(H,28,34)(H,29,35). The monoisotopic (exact) mass is 472 g/mol. The van der Waals surface area contributed by atoms with E-state index in [1.807, 2.05) is 71.8 Å². The first-order valence-corrected chi connectivity index (χ1v) is 11.5. The highest BCUT2D eigenvalue weighted by Crippen LogP contribution is 2.20. The van der Waals surface area contributed by atoms with E-state index in [2.05, 4.69) is 31.0 Å². The van der Waals surface area contributed by atoms with Crippen LogP contribution >= 0.6 is 0 Å². The van der Waals surface area contributed by atoms with E-state index in [4.69, 9.17) is 0 Å². The molecule has 10 nitrogen and oxygen atoms in total. The van der Waals surface area contributed by atoms with Crippen molar-refractivity contribution >= 4 is 23.2 Å². The van der Waals surface area contributed by atoms with Crippen LogP contribution in [0.2, 0.25) is 0 Å². The quantitative estimate of drug-likeness (QED) is 0.339. The maximum atomic E-state index is 12.2. The van der Waals surface area contributed by atoms with Crippen molar-refractivity contribution in [3.05, 3.63) is 61.2 Å². The van der Waals surface area contributed by atoms with E-state index in [-0.39, 0.29) is 11.8 Å². The summed E-state index contributed by atoms with van der Waals surface area (Å²) in [6.07, 6.45) is 6.37. The van der Waals surface area contributed by atoms with Crippen molar-refractivity contribution in [1.29, 1.82) is 0 Å². The van der Waals surface area contributed by atoms with Crippen molar-refractivity contribution in [2.24, 2.45) is 14.1 Å². The van der Waals surface area contributed by atoms with Crippen LogP contribution in [0.5, 0.6) is 0 Å². The molecule has 35 heavy (non-hydrogen) atoms. The highest BCUT2D eigenvalue weighted by atomic mass is 16.2. The largest absolute Gasteiger partial charge is 0.326 e. The summed E-state index contributed by atoms with van der Waals surface area (Å²) < 4.78 is 3.68. The van der Waals surface area contributed by atoms with Crippen LogP contribution in [-0.2, 0) is 23.7 Å². The van der Waals surface area contributed by atoms with Crippen LogP contribution in [0.3, 0.4) is 0 Å². The van der Waals surface area contributed by atoms with Gasteiger partial charge in [0, 0.05) is 49.4 Å². The van der Waals surface area contributed by atoms with Crippen molar-refractivity contribution < 1.29 is 9.59 Å². The second-order valence-electron chi connectivity index (χ2n) is 8.34. The summed E-state index contributed by atoms with van der Waals surface area (Å²) in [4.78, 5) is 24.5. The molecule has 10 heteroatoms. The maximum Gasteiger partial charge on any atom is 0.224 e. The molecule has 0 saturated heterocycles. The van der Waals surface area contributed by atoms with Crippen molar-refractivity contribution in [2.75, 3.05) is 10.6 Å². The van der Waals surface area contributed by atoms with Gasteiger partial charge in [0.1, 0.15) is 12.7 Å². The van der Waals surface area contributed by atoms with E-state index < -0.39 is 0 Å². The van der Waals surface area contributed by atoms with E-state index in [0.29, 0.717) is 12.8 Å². The van der Waals surface area contributed by atoms with Gasteiger partial charge in [-0.1, -0.05) is 6.42 Å². The molecule has 4 aromatic rings. The molecule has 2 N–H and O–H groups in total. The number of aromatic nitrogens is 6. The Morgan fingerprint density at radius 3 is 1.40 bits per heavy atom. The Balaban J connectivity index is 1.12. The predicted octanol–water partition coefficient (Wildman–Crippen LogP) is 3.81. The van der Waals surface area contributed by atoms with E-state index in [1.165, 1.54) is 0 Å².